The summed E-state index contributed by atoms with van der Waals surface area (Å²) in [6, 6.07) is 45.0. The fourth-order valence-corrected chi connectivity index (χ4v) is 6.47. The normalized spacial score (nSPS) is 11.9. The molecule has 2 heterocycles. The van der Waals surface area contributed by atoms with Crippen LogP contribution in [0.1, 0.15) is 34.1 Å². The van der Waals surface area contributed by atoms with E-state index in [0.29, 0.717) is 31.0 Å². The third-order valence-electron chi connectivity index (χ3n) is 9.17. The number of hydrogen-bond donors (Lipinski definition) is 4. The highest BCUT2D eigenvalue weighted by atomic mass is 16.5. The monoisotopic (exact) mass is 691 g/mol. The summed E-state index contributed by atoms with van der Waals surface area (Å²) in [7, 11) is 0. The van der Waals surface area contributed by atoms with Crippen LogP contribution < -0.4 is 21.2 Å². The van der Waals surface area contributed by atoms with Crippen LogP contribution in [0, 0.1) is 6.92 Å². The molecule has 9 heteroatoms. The third kappa shape index (κ3) is 8.40. The minimum atomic E-state index is -0.806. The number of H-pyrrole nitrogens is 2. The van der Waals surface area contributed by atoms with Crippen molar-refractivity contribution in [2.24, 2.45) is 0 Å². The number of anilines is 2. The molecule has 0 amide bonds. The molecule has 0 aliphatic carbocycles. The molecular formula is C43H41N5O4. The Balaban J connectivity index is 1.03. The minimum Gasteiger partial charge on any atom is -0.487 e. The lowest BCUT2D eigenvalue weighted by Crippen LogP contribution is -2.30. The number of aliphatic hydroxyl groups excluding tert-OH is 1. The van der Waals surface area contributed by atoms with Gasteiger partial charge >= 0.3 is 0 Å². The highest BCUT2D eigenvalue weighted by Gasteiger charge is 2.19. The van der Waals surface area contributed by atoms with E-state index < -0.39 is 6.10 Å². The Labute approximate surface area is 301 Å². The molecule has 52 heavy (non-hydrogen) atoms. The van der Waals surface area contributed by atoms with E-state index in [1.807, 2.05) is 91.9 Å². The number of hydrogen-bond acceptors (Lipinski definition) is 6. The maximum Gasteiger partial charge on any atom is 0.264 e. The molecule has 0 aliphatic heterocycles. The maximum atomic E-state index is 12.4. The molecular weight excluding hydrogens is 651 g/mol. The van der Waals surface area contributed by atoms with Crippen molar-refractivity contribution in [3.63, 3.8) is 0 Å². The molecule has 7 rings (SSSR count). The second-order valence-corrected chi connectivity index (χ2v) is 13.0. The summed E-state index contributed by atoms with van der Waals surface area (Å²) in [6.07, 6.45) is -0.0107. The van der Waals surface area contributed by atoms with Crippen molar-refractivity contribution in [1.82, 2.24) is 19.7 Å². The highest BCUT2D eigenvalue weighted by Crippen LogP contribution is 2.31. The van der Waals surface area contributed by atoms with Crippen LogP contribution in [0.15, 0.2) is 149 Å². The van der Waals surface area contributed by atoms with Crippen molar-refractivity contribution in [2.75, 3.05) is 18.4 Å². The lowest BCUT2D eigenvalue weighted by molar-refractivity contribution is 0.110. The largest absolute Gasteiger partial charge is 0.487 e. The predicted octanol–water partition coefficient (Wildman–Crippen LogP) is 7.42. The number of fused-ring (bicyclic) bond motifs is 1. The van der Waals surface area contributed by atoms with E-state index in [1.165, 1.54) is 11.6 Å². The average Bonchev–Trinajstić information content (AvgIpc) is 3.51. The molecule has 1 unspecified atom stereocenters. The third-order valence-corrected chi connectivity index (χ3v) is 9.17. The van der Waals surface area contributed by atoms with Gasteiger partial charge in [0.2, 0.25) is 5.56 Å². The summed E-state index contributed by atoms with van der Waals surface area (Å²) in [6.45, 7) is 4.07. The van der Waals surface area contributed by atoms with Crippen LogP contribution >= 0.6 is 0 Å². The topological polar surface area (TPSA) is 115 Å². The number of ether oxygens (including phenoxy) is 1. The van der Waals surface area contributed by atoms with Gasteiger partial charge in [-0.2, -0.15) is 0 Å². The summed E-state index contributed by atoms with van der Waals surface area (Å²) < 4.78 is 7.90. The molecule has 262 valence electrons. The van der Waals surface area contributed by atoms with Gasteiger partial charge < -0.3 is 20.1 Å². The van der Waals surface area contributed by atoms with E-state index in [1.54, 1.807) is 16.8 Å². The smallest absolute Gasteiger partial charge is 0.264 e. The predicted molar refractivity (Wildman–Crippen MR) is 207 cm³/mol. The molecule has 5 aromatic carbocycles. The molecule has 0 saturated heterocycles. The van der Waals surface area contributed by atoms with Gasteiger partial charge in [0.25, 0.3) is 5.56 Å². The maximum absolute atomic E-state index is 12.4. The van der Waals surface area contributed by atoms with Crippen molar-refractivity contribution >= 4 is 22.3 Å². The van der Waals surface area contributed by atoms with Gasteiger partial charge in [-0.15, -0.1) is 0 Å². The van der Waals surface area contributed by atoms with Crippen molar-refractivity contribution in [1.29, 1.82) is 0 Å². The summed E-state index contributed by atoms with van der Waals surface area (Å²) in [4.78, 5) is 29.3. The number of nitrogens with zero attached hydrogens (tertiary/aromatic N) is 2. The average molecular weight is 692 g/mol. The van der Waals surface area contributed by atoms with Crippen LogP contribution in [0.5, 0.6) is 5.75 Å². The van der Waals surface area contributed by atoms with Gasteiger partial charge in [-0.25, -0.2) is 0 Å². The first-order valence-corrected chi connectivity index (χ1v) is 17.4. The number of rotatable bonds is 14. The SMILES string of the molecule is Cc1cc(=O)[nH]n1-c1ccc(Nc2ccc(CCN(Cc3ccccc3)CC(O)c3ccc(OCc4ccccc4)c4[nH]c(=O)ccc34)cc2)cc1. The quantitative estimate of drug-likeness (QED) is 0.0944. The summed E-state index contributed by atoms with van der Waals surface area (Å²) >= 11 is 0. The molecule has 9 nitrogen and oxygen atoms in total. The number of aromatic amines is 2. The number of benzene rings is 5. The van der Waals surface area contributed by atoms with Gasteiger partial charge in [0.05, 0.1) is 17.3 Å². The lowest BCUT2D eigenvalue weighted by Gasteiger charge is -2.26. The first-order chi connectivity index (χ1) is 25.4. The zero-order valence-corrected chi connectivity index (χ0v) is 29.0. The van der Waals surface area contributed by atoms with Crippen LogP contribution in [0.3, 0.4) is 0 Å². The number of pyridine rings is 1. The zero-order valence-electron chi connectivity index (χ0n) is 29.0. The Kier molecular flexibility index (Phi) is 10.4. The van der Waals surface area contributed by atoms with Gasteiger partial charge in [0.1, 0.15) is 12.4 Å². The number of nitrogens with one attached hydrogen (secondary N) is 3. The van der Waals surface area contributed by atoms with Crippen LogP contribution in [-0.4, -0.2) is 37.9 Å². The van der Waals surface area contributed by atoms with E-state index in [9.17, 15) is 14.7 Å². The van der Waals surface area contributed by atoms with Gasteiger partial charge in [-0.05, 0) is 84.1 Å². The molecule has 4 N–H and O–H groups in total. The second kappa shape index (κ2) is 15.8. The first kappa shape index (κ1) is 34.3. The standard InChI is InChI=1S/C43H41N5O4/c1-30-26-42(51)46-48(30)36-18-16-35(17-19-36)44-34-14-12-31(13-15-34)24-25-47(27-32-8-4-2-5-9-32)28-39(49)37-20-22-40(43-38(37)21-23-41(50)45-43)52-29-33-10-6-3-7-11-33/h2-23,26,39,44,49H,24-25,27-29H2,1H3,(H,45,50)(H,46,51). The fraction of sp³-hybridized carbons (Fsp3) is 0.163. The Morgan fingerprint density at radius 1 is 0.750 bits per heavy atom. The van der Waals surface area contributed by atoms with E-state index in [4.69, 9.17) is 4.74 Å². The molecule has 0 saturated carbocycles. The first-order valence-electron chi connectivity index (χ1n) is 17.4. The van der Waals surface area contributed by atoms with E-state index in [0.717, 1.165) is 57.8 Å². The van der Waals surface area contributed by atoms with Crippen LogP contribution in [0.25, 0.3) is 16.6 Å². The van der Waals surface area contributed by atoms with Gasteiger partial charge in [0.15, 0.2) is 0 Å². The van der Waals surface area contributed by atoms with Crippen LogP contribution in [0.2, 0.25) is 0 Å². The second-order valence-electron chi connectivity index (χ2n) is 13.0. The zero-order chi connectivity index (χ0) is 35.9. The molecule has 7 aromatic rings. The Hall–Kier alpha value is -6.16. The molecule has 1 atom stereocenters. The molecule has 0 fully saturated rings. The molecule has 0 bridgehead atoms. The van der Waals surface area contributed by atoms with Crippen LogP contribution in [0.4, 0.5) is 11.4 Å². The van der Waals surface area contributed by atoms with E-state index in [2.05, 4.69) is 56.7 Å². The molecule has 2 aromatic heterocycles. The van der Waals surface area contributed by atoms with Crippen LogP contribution in [-0.2, 0) is 19.6 Å². The van der Waals surface area contributed by atoms with Gasteiger partial charge in [-0.3, -0.25) is 24.3 Å². The van der Waals surface area contributed by atoms with Crippen molar-refractivity contribution in [2.45, 2.75) is 32.6 Å². The number of aryl methyl sites for hydroxylation is 1. The van der Waals surface area contributed by atoms with Crippen molar-refractivity contribution in [3.8, 4) is 11.4 Å². The summed E-state index contributed by atoms with van der Waals surface area (Å²) in [5, 5.41) is 18.7. The molecule has 0 aliphatic rings. The number of aromatic nitrogens is 3. The van der Waals surface area contributed by atoms with E-state index in [-0.39, 0.29) is 11.1 Å². The van der Waals surface area contributed by atoms with Gasteiger partial charge in [0, 0.05) is 54.2 Å². The van der Waals surface area contributed by atoms with E-state index >= 15 is 0 Å². The number of aliphatic hydroxyl groups is 1. The van der Waals surface area contributed by atoms with Gasteiger partial charge in [-0.1, -0.05) is 78.9 Å². The highest BCUT2D eigenvalue weighted by molar-refractivity contribution is 5.87. The van der Waals surface area contributed by atoms with Crippen molar-refractivity contribution < 1.29 is 9.84 Å². The van der Waals surface area contributed by atoms with Crippen molar-refractivity contribution in [3.05, 3.63) is 188 Å². The Morgan fingerprint density at radius 3 is 2.10 bits per heavy atom. The minimum absolute atomic E-state index is 0.123. The lowest BCUT2D eigenvalue weighted by atomic mass is 10.0. The molecule has 0 spiro atoms. The summed E-state index contributed by atoms with van der Waals surface area (Å²) in [5.41, 5.74) is 7.98. The Bertz CT molecular complexity index is 2350. The Morgan fingerprint density at radius 2 is 1.42 bits per heavy atom. The molecule has 0 radical (unpaired) electrons. The summed E-state index contributed by atoms with van der Waals surface area (Å²) in [5.74, 6) is 0.563. The fourth-order valence-electron chi connectivity index (χ4n) is 6.47.